The molecule has 2 aromatic carbocycles. The lowest BCUT2D eigenvalue weighted by Crippen LogP contribution is -2.48. The molecule has 0 aliphatic heterocycles. The van der Waals surface area contributed by atoms with Crippen LogP contribution in [0.25, 0.3) is 11.0 Å². The molecule has 3 rings (SSSR count). The lowest BCUT2D eigenvalue weighted by Gasteiger charge is -2.20. The van der Waals surface area contributed by atoms with Crippen molar-refractivity contribution in [3.8, 4) is 0 Å². The van der Waals surface area contributed by atoms with Crippen molar-refractivity contribution in [1.29, 1.82) is 0 Å². The second kappa shape index (κ2) is 10.5. The van der Waals surface area contributed by atoms with E-state index in [1.54, 1.807) is 19.1 Å². The van der Waals surface area contributed by atoms with Crippen molar-refractivity contribution >= 4 is 32.8 Å². The van der Waals surface area contributed by atoms with E-state index in [-0.39, 0.29) is 18.8 Å². The number of sulfone groups is 1. The number of ether oxygens (including phenoxy) is 1. The summed E-state index contributed by atoms with van der Waals surface area (Å²) >= 11 is 0. The monoisotopic (exact) mass is 472 g/mol. The molecule has 9 heteroatoms. The van der Waals surface area contributed by atoms with Crippen LogP contribution in [0.2, 0.25) is 0 Å². The zero-order valence-electron chi connectivity index (χ0n) is 18.8. The van der Waals surface area contributed by atoms with Crippen LogP contribution in [-0.4, -0.2) is 38.5 Å². The number of amides is 2. The van der Waals surface area contributed by atoms with Crippen LogP contribution in [0.5, 0.6) is 0 Å². The highest BCUT2D eigenvalue weighted by atomic mass is 32.2. The maximum Gasteiger partial charge on any atom is 0.408 e. The van der Waals surface area contributed by atoms with Crippen molar-refractivity contribution in [2.45, 2.75) is 39.0 Å². The molecule has 0 radical (unpaired) electrons. The van der Waals surface area contributed by atoms with Gasteiger partial charge in [0.05, 0.1) is 11.8 Å². The number of furan rings is 1. The molecule has 2 N–H and O–H groups in total. The number of nitrogens with one attached hydrogen (secondary N) is 2. The summed E-state index contributed by atoms with van der Waals surface area (Å²) < 4.78 is 34.4. The van der Waals surface area contributed by atoms with Gasteiger partial charge in [-0.1, -0.05) is 48.5 Å². The summed E-state index contributed by atoms with van der Waals surface area (Å²) in [7, 11) is -3.34. The first-order valence-electron chi connectivity index (χ1n) is 10.6. The number of rotatable bonds is 9. The van der Waals surface area contributed by atoms with Gasteiger partial charge >= 0.3 is 6.09 Å². The van der Waals surface area contributed by atoms with Crippen LogP contribution >= 0.6 is 0 Å². The fraction of sp³-hybridized carbons (Fsp3) is 0.333. The molecule has 0 spiro atoms. The predicted octanol–water partition coefficient (Wildman–Crippen LogP) is 3.65. The molecule has 1 aromatic heterocycles. The average molecular weight is 473 g/mol. The lowest BCUT2D eigenvalue weighted by atomic mass is 10.1. The van der Waals surface area contributed by atoms with Gasteiger partial charge in [0.25, 0.3) is 0 Å². The molecule has 0 saturated carbocycles. The standard InChI is InChI=1S/C24H28N2O6S/c1-16-19-11-7-8-12-21(19)32-22(16)17(2)25-23(27)20(13-14-33(3,29)30)26-24(28)31-15-18-9-5-4-6-10-18/h4-12,17,20H,13-15H2,1-3H3,(H,25,27)(H,26,28). The molecule has 0 aliphatic rings. The third-order valence-corrected chi connectivity index (χ3v) is 6.21. The van der Waals surface area contributed by atoms with E-state index >= 15 is 0 Å². The van der Waals surface area contributed by atoms with E-state index in [9.17, 15) is 18.0 Å². The summed E-state index contributed by atoms with van der Waals surface area (Å²) in [5.41, 5.74) is 2.41. The number of aryl methyl sites for hydroxylation is 1. The first-order valence-corrected chi connectivity index (χ1v) is 12.6. The molecule has 2 unspecified atom stereocenters. The Kier molecular flexibility index (Phi) is 7.75. The van der Waals surface area contributed by atoms with Crippen LogP contribution in [-0.2, 0) is 26.0 Å². The van der Waals surface area contributed by atoms with Gasteiger partial charge in [0.1, 0.15) is 33.8 Å². The molecular weight excluding hydrogens is 444 g/mol. The second-order valence-electron chi connectivity index (χ2n) is 7.99. The van der Waals surface area contributed by atoms with Crippen molar-refractivity contribution in [3.05, 3.63) is 71.5 Å². The van der Waals surface area contributed by atoms with Crippen molar-refractivity contribution in [3.63, 3.8) is 0 Å². The number of fused-ring (bicyclic) bond motifs is 1. The highest BCUT2D eigenvalue weighted by Gasteiger charge is 2.26. The Bertz CT molecular complexity index is 1220. The van der Waals surface area contributed by atoms with Gasteiger partial charge in [-0.3, -0.25) is 4.79 Å². The molecule has 8 nitrogen and oxygen atoms in total. The predicted molar refractivity (Wildman–Crippen MR) is 125 cm³/mol. The number of hydrogen-bond donors (Lipinski definition) is 2. The van der Waals surface area contributed by atoms with Gasteiger partial charge in [-0.15, -0.1) is 0 Å². The van der Waals surface area contributed by atoms with E-state index < -0.39 is 33.9 Å². The Balaban J connectivity index is 1.68. The summed E-state index contributed by atoms with van der Waals surface area (Å²) in [6.07, 6.45) is 0.188. The topological polar surface area (TPSA) is 115 Å². The molecule has 0 bridgehead atoms. The van der Waals surface area contributed by atoms with Gasteiger partial charge in [0, 0.05) is 17.2 Å². The molecular formula is C24H28N2O6S. The smallest absolute Gasteiger partial charge is 0.408 e. The summed E-state index contributed by atoms with van der Waals surface area (Å²) in [4.78, 5) is 25.3. The molecule has 0 saturated heterocycles. The van der Waals surface area contributed by atoms with Gasteiger partial charge in [0.15, 0.2) is 0 Å². The number of hydrogen-bond acceptors (Lipinski definition) is 6. The van der Waals surface area contributed by atoms with Gasteiger partial charge in [-0.2, -0.15) is 0 Å². The van der Waals surface area contributed by atoms with Gasteiger partial charge < -0.3 is 19.8 Å². The Morgan fingerprint density at radius 3 is 2.36 bits per heavy atom. The van der Waals surface area contributed by atoms with Crippen LogP contribution in [0, 0.1) is 6.92 Å². The van der Waals surface area contributed by atoms with E-state index in [4.69, 9.17) is 9.15 Å². The number of carbonyl (C=O) groups is 2. The number of para-hydroxylation sites is 1. The first kappa shape index (κ1) is 24.3. The summed E-state index contributed by atoms with van der Waals surface area (Å²) in [6, 6.07) is 15.1. The minimum Gasteiger partial charge on any atom is -0.459 e. The molecule has 3 aromatic rings. The minimum absolute atomic E-state index is 0.0294. The van der Waals surface area contributed by atoms with E-state index in [1.807, 2.05) is 49.4 Å². The average Bonchev–Trinajstić information content (AvgIpc) is 3.12. The highest BCUT2D eigenvalue weighted by Crippen LogP contribution is 2.29. The summed E-state index contributed by atoms with van der Waals surface area (Å²) in [5.74, 6) is -0.192. The third kappa shape index (κ3) is 6.82. The van der Waals surface area contributed by atoms with E-state index in [1.165, 1.54) is 0 Å². The van der Waals surface area contributed by atoms with Crippen LogP contribution in [0.3, 0.4) is 0 Å². The maximum absolute atomic E-state index is 13.0. The Labute approximate surface area is 193 Å². The van der Waals surface area contributed by atoms with Crippen LogP contribution in [0.15, 0.2) is 59.0 Å². The quantitative estimate of drug-likeness (QED) is 0.491. The lowest BCUT2D eigenvalue weighted by molar-refractivity contribution is -0.123. The Morgan fingerprint density at radius 1 is 1.03 bits per heavy atom. The molecule has 33 heavy (non-hydrogen) atoms. The molecule has 0 fully saturated rings. The molecule has 2 amide bonds. The highest BCUT2D eigenvalue weighted by molar-refractivity contribution is 7.90. The fourth-order valence-electron chi connectivity index (χ4n) is 3.49. The van der Waals surface area contributed by atoms with Crippen molar-refractivity contribution in [1.82, 2.24) is 10.6 Å². The van der Waals surface area contributed by atoms with E-state index in [2.05, 4.69) is 10.6 Å². The SMILES string of the molecule is Cc1c(C(C)NC(=O)C(CCS(C)(=O)=O)NC(=O)OCc2ccccc2)oc2ccccc12. The maximum atomic E-state index is 13.0. The van der Waals surface area contributed by atoms with Crippen LogP contribution in [0.1, 0.15) is 36.3 Å². The van der Waals surface area contributed by atoms with Crippen LogP contribution in [0.4, 0.5) is 4.79 Å². The van der Waals surface area contributed by atoms with Gasteiger partial charge in [-0.25, -0.2) is 13.2 Å². The molecule has 0 aliphatic carbocycles. The fourth-order valence-corrected chi connectivity index (χ4v) is 4.16. The Hall–Kier alpha value is -3.33. The normalized spacial score (nSPS) is 13.3. The van der Waals surface area contributed by atoms with Crippen molar-refractivity contribution < 1.29 is 27.2 Å². The van der Waals surface area contributed by atoms with E-state index in [0.29, 0.717) is 11.3 Å². The summed E-state index contributed by atoms with van der Waals surface area (Å²) in [5, 5.41) is 6.25. The molecule has 2 atom stereocenters. The third-order valence-electron chi connectivity index (χ3n) is 5.23. The first-order chi connectivity index (χ1) is 15.6. The summed E-state index contributed by atoms with van der Waals surface area (Å²) in [6.45, 7) is 3.70. The zero-order valence-corrected chi connectivity index (χ0v) is 19.6. The second-order valence-corrected chi connectivity index (χ2v) is 10.3. The molecule has 1 heterocycles. The number of carbonyl (C=O) groups excluding carboxylic acids is 2. The van der Waals surface area contributed by atoms with Gasteiger partial charge in [0.2, 0.25) is 5.91 Å². The van der Waals surface area contributed by atoms with Gasteiger partial charge in [-0.05, 0) is 31.9 Å². The zero-order chi connectivity index (χ0) is 24.0. The van der Waals surface area contributed by atoms with Crippen LogP contribution < -0.4 is 10.6 Å². The van der Waals surface area contributed by atoms with E-state index in [0.717, 1.165) is 22.8 Å². The minimum atomic E-state index is -3.34. The molecule has 176 valence electrons. The number of benzene rings is 2. The number of alkyl carbamates (subject to hydrolysis) is 1. The largest absolute Gasteiger partial charge is 0.459 e. The van der Waals surface area contributed by atoms with Crippen molar-refractivity contribution in [2.24, 2.45) is 0 Å². The van der Waals surface area contributed by atoms with Crippen molar-refractivity contribution in [2.75, 3.05) is 12.0 Å². The Morgan fingerprint density at radius 2 is 1.70 bits per heavy atom.